The molecule has 2 N–H and O–H groups in total. The van der Waals surface area contributed by atoms with Crippen LogP contribution in [0.4, 0.5) is 16.2 Å². The lowest BCUT2D eigenvalue weighted by Crippen LogP contribution is -2.55. The zero-order valence-corrected chi connectivity index (χ0v) is 20.0. The maximum atomic E-state index is 13.3. The van der Waals surface area contributed by atoms with Crippen molar-refractivity contribution in [3.63, 3.8) is 0 Å². The maximum absolute atomic E-state index is 13.3. The summed E-state index contributed by atoms with van der Waals surface area (Å²) in [7, 11) is 0. The fourth-order valence-electron chi connectivity index (χ4n) is 3.99. The second kappa shape index (κ2) is 9.79. The van der Waals surface area contributed by atoms with Gasteiger partial charge in [-0.05, 0) is 51.8 Å². The van der Waals surface area contributed by atoms with Crippen LogP contribution >= 0.6 is 0 Å². The van der Waals surface area contributed by atoms with Gasteiger partial charge in [0.25, 0.3) is 5.91 Å². The fourth-order valence-corrected chi connectivity index (χ4v) is 3.99. The molecule has 2 aliphatic rings. The van der Waals surface area contributed by atoms with Crippen molar-refractivity contribution in [3.8, 4) is 0 Å². The second-order valence-corrected chi connectivity index (χ2v) is 10.0. The predicted octanol–water partition coefficient (Wildman–Crippen LogP) is 3.15. The maximum Gasteiger partial charge on any atom is 0.317 e. The second-order valence-electron chi connectivity index (χ2n) is 10.0. The SMILES string of the molecule is CC(C)C(=O)Nc1ccc(N2CCN(C(=O)NC(C)(C)C)CC2)c(C(=O)N2CCCC2)c1. The summed E-state index contributed by atoms with van der Waals surface area (Å²) in [6.45, 7) is 13.6. The van der Waals surface area contributed by atoms with Crippen LogP contribution in [-0.4, -0.2) is 72.5 Å². The van der Waals surface area contributed by atoms with E-state index in [9.17, 15) is 14.4 Å². The van der Waals surface area contributed by atoms with Crippen LogP contribution in [0.3, 0.4) is 0 Å². The fraction of sp³-hybridized carbons (Fsp3) is 0.625. The highest BCUT2D eigenvalue weighted by Crippen LogP contribution is 2.28. The Balaban J connectivity index is 1.78. The molecule has 0 saturated carbocycles. The third kappa shape index (κ3) is 5.93. The molecule has 32 heavy (non-hydrogen) atoms. The molecule has 1 aromatic carbocycles. The molecule has 8 nitrogen and oxygen atoms in total. The molecule has 1 aromatic rings. The van der Waals surface area contributed by atoms with Crippen LogP contribution in [0, 0.1) is 5.92 Å². The first-order valence-corrected chi connectivity index (χ1v) is 11.6. The molecule has 2 heterocycles. The standard InChI is InChI=1S/C24H37N5O3/c1-17(2)21(30)25-18-8-9-20(19(16-18)22(31)28-10-6-7-11-28)27-12-14-29(15-13-27)23(32)26-24(3,4)5/h8-9,16-17H,6-7,10-15H2,1-5H3,(H,25,30)(H,26,32). The average molecular weight is 444 g/mol. The molecule has 0 unspecified atom stereocenters. The van der Waals surface area contributed by atoms with Crippen molar-refractivity contribution in [1.29, 1.82) is 0 Å². The van der Waals surface area contributed by atoms with E-state index >= 15 is 0 Å². The Morgan fingerprint density at radius 1 is 0.906 bits per heavy atom. The minimum absolute atomic E-state index is 0.00560. The van der Waals surface area contributed by atoms with E-state index in [2.05, 4.69) is 15.5 Å². The van der Waals surface area contributed by atoms with Crippen LogP contribution in [0.15, 0.2) is 18.2 Å². The summed E-state index contributed by atoms with van der Waals surface area (Å²) < 4.78 is 0. The molecule has 2 aliphatic heterocycles. The number of likely N-dealkylation sites (tertiary alicyclic amines) is 1. The van der Waals surface area contributed by atoms with E-state index in [1.54, 1.807) is 6.07 Å². The first kappa shape index (κ1) is 23.9. The lowest BCUT2D eigenvalue weighted by atomic mass is 10.1. The number of carbonyl (C=O) groups excluding carboxylic acids is 3. The van der Waals surface area contributed by atoms with Gasteiger partial charge in [0.15, 0.2) is 0 Å². The summed E-state index contributed by atoms with van der Waals surface area (Å²) in [5.74, 6) is -0.207. The van der Waals surface area contributed by atoms with Crippen molar-refractivity contribution in [3.05, 3.63) is 23.8 Å². The molecule has 0 radical (unpaired) electrons. The van der Waals surface area contributed by atoms with Gasteiger partial charge in [-0.25, -0.2) is 4.79 Å². The van der Waals surface area contributed by atoms with Gasteiger partial charge in [0.1, 0.15) is 0 Å². The molecule has 0 aromatic heterocycles. The number of hydrogen-bond acceptors (Lipinski definition) is 4. The Morgan fingerprint density at radius 2 is 1.53 bits per heavy atom. The van der Waals surface area contributed by atoms with E-state index in [4.69, 9.17) is 0 Å². The predicted molar refractivity (Wildman–Crippen MR) is 127 cm³/mol. The first-order chi connectivity index (χ1) is 15.0. The van der Waals surface area contributed by atoms with Gasteiger partial charge >= 0.3 is 6.03 Å². The van der Waals surface area contributed by atoms with Crippen molar-refractivity contribution in [1.82, 2.24) is 15.1 Å². The molecule has 2 saturated heterocycles. The van der Waals surface area contributed by atoms with E-state index in [1.807, 2.05) is 56.6 Å². The summed E-state index contributed by atoms with van der Waals surface area (Å²) in [6.07, 6.45) is 2.04. The summed E-state index contributed by atoms with van der Waals surface area (Å²) in [5, 5.41) is 5.92. The number of carbonyl (C=O) groups is 3. The van der Waals surface area contributed by atoms with Gasteiger partial charge < -0.3 is 25.3 Å². The van der Waals surface area contributed by atoms with Gasteiger partial charge in [0.05, 0.1) is 5.56 Å². The largest absolute Gasteiger partial charge is 0.367 e. The number of amides is 4. The molecular weight excluding hydrogens is 406 g/mol. The molecule has 4 amide bonds. The highest BCUT2D eigenvalue weighted by atomic mass is 16.2. The summed E-state index contributed by atoms with van der Waals surface area (Å²) in [5.41, 5.74) is 1.83. The number of nitrogens with zero attached hydrogens (tertiary/aromatic N) is 3. The minimum atomic E-state index is -0.278. The highest BCUT2D eigenvalue weighted by molar-refractivity contribution is 6.02. The number of rotatable bonds is 4. The molecule has 0 atom stereocenters. The summed E-state index contributed by atoms with van der Waals surface area (Å²) >= 11 is 0. The molecular formula is C24H37N5O3. The Bertz CT molecular complexity index is 848. The monoisotopic (exact) mass is 443 g/mol. The number of nitrogens with one attached hydrogen (secondary N) is 2. The van der Waals surface area contributed by atoms with E-state index in [0.717, 1.165) is 31.6 Å². The van der Waals surface area contributed by atoms with Crippen molar-refractivity contribution < 1.29 is 14.4 Å². The molecule has 0 aliphatic carbocycles. The average Bonchev–Trinajstić information content (AvgIpc) is 3.27. The minimum Gasteiger partial charge on any atom is -0.367 e. The van der Waals surface area contributed by atoms with E-state index in [0.29, 0.717) is 37.4 Å². The molecule has 0 spiro atoms. The molecule has 8 heteroatoms. The molecule has 3 rings (SSSR count). The Kier molecular flexibility index (Phi) is 7.31. The quantitative estimate of drug-likeness (QED) is 0.749. The van der Waals surface area contributed by atoms with Gasteiger partial charge in [-0.3, -0.25) is 9.59 Å². The molecule has 2 fully saturated rings. The number of piperazine rings is 1. The zero-order valence-electron chi connectivity index (χ0n) is 20.0. The lowest BCUT2D eigenvalue weighted by molar-refractivity contribution is -0.118. The van der Waals surface area contributed by atoms with Crippen LogP contribution in [0.5, 0.6) is 0 Å². The summed E-state index contributed by atoms with van der Waals surface area (Å²) in [6, 6.07) is 5.52. The van der Waals surface area contributed by atoms with Gasteiger partial charge in [0.2, 0.25) is 5.91 Å². The summed E-state index contributed by atoms with van der Waals surface area (Å²) in [4.78, 5) is 43.9. The van der Waals surface area contributed by atoms with Crippen molar-refractivity contribution in [2.45, 2.75) is 53.0 Å². The van der Waals surface area contributed by atoms with Gasteiger partial charge in [0, 0.05) is 62.1 Å². The van der Waals surface area contributed by atoms with Gasteiger partial charge in [-0.1, -0.05) is 13.8 Å². The van der Waals surface area contributed by atoms with Crippen molar-refractivity contribution in [2.24, 2.45) is 5.92 Å². The third-order valence-electron chi connectivity index (χ3n) is 5.80. The van der Waals surface area contributed by atoms with E-state index < -0.39 is 0 Å². The number of anilines is 2. The number of benzene rings is 1. The zero-order chi connectivity index (χ0) is 23.5. The lowest BCUT2D eigenvalue weighted by Gasteiger charge is -2.38. The highest BCUT2D eigenvalue weighted by Gasteiger charge is 2.28. The Labute approximate surface area is 191 Å². The Hall–Kier alpha value is -2.77. The van der Waals surface area contributed by atoms with E-state index in [1.165, 1.54) is 0 Å². The van der Waals surface area contributed by atoms with Crippen molar-refractivity contribution in [2.75, 3.05) is 49.5 Å². The van der Waals surface area contributed by atoms with Crippen LogP contribution in [0.1, 0.15) is 57.8 Å². The molecule has 0 bridgehead atoms. The van der Waals surface area contributed by atoms with E-state index in [-0.39, 0.29) is 29.3 Å². The normalized spacial score (nSPS) is 17.0. The smallest absolute Gasteiger partial charge is 0.317 e. The third-order valence-corrected chi connectivity index (χ3v) is 5.80. The molecule has 176 valence electrons. The van der Waals surface area contributed by atoms with Crippen molar-refractivity contribution >= 4 is 29.2 Å². The van der Waals surface area contributed by atoms with Crippen LogP contribution in [0.2, 0.25) is 0 Å². The Morgan fingerprint density at radius 3 is 2.09 bits per heavy atom. The number of hydrogen-bond donors (Lipinski definition) is 2. The number of urea groups is 1. The van der Waals surface area contributed by atoms with Crippen LogP contribution in [0.25, 0.3) is 0 Å². The van der Waals surface area contributed by atoms with Crippen LogP contribution < -0.4 is 15.5 Å². The first-order valence-electron chi connectivity index (χ1n) is 11.6. The van der Waals surface area contributed by atoms with Gasteiger partial charge in [-0.15, -0.1) is 0 Å². The van der Waals surface area contributed by atoms with Gasteiger partial charge in [-0.2, -0.15) is 0 Å². The van der Waals surface area contributed by atoms with Crippen LogP contribution in [-0.2, 0) is 4.79 Å². The topological polar surface area (TPSA) is 85.0 Å².